The quantitative estimate of drug-likeness (QED) is 0.440. The van der Waals surface area contributed by atoms with E-state index in [2.05, 4.69) is 10.3 Å². The minimum atomic E-state index is -0.893. The van der Waals surface area contributed by atoms with E-state index >= 15 is 0 Å². The molecule has 0 aliphatic heterocycles. The maximum absolute atomic E-state index is 10.5. The third-order valence-electron chi connectivity index (χ3n) is 0.979. The van der Waals surface area contributed by atoms with E-state index in [4.69, 9.17) is 5.11 Å². The largest absolute Gasteiger partial charge is 0.366 e. The Balaban J connectivity index is 3.26. The number of nitrogens with one attached hydrogen (secondary N) is 1. The molecule has 0 saturated heterocycles. The molecule has 1 amide bonds. The van der Waals surface area contributed by atoms with Gasteiger partial charge < -0.3 is 5.11 Å². The minimum Gasteiger partial charge on any atom is -0.366 e. The molecule has 0 bridgehead atoms. The Morgan fingerprint density at radius 2 is 2.30 bits per heavy atom. The maximum atomic E-state index is 10.5. The first-order valence-corrected chi connectivity index (χ1v) is 3.33. The van der Waals surface area contributed by atoms with Crippen molar-refractivity contribution in [2.24, 2.45) is 0 Å². The van der Waals surface area contributed by atoms with Crippen LogP contribution in [0.25, 0.3) is 0 Å². The Morgan fingerprint density at radius 1 is 1.70 bits per heavy atom. The highest BCUT2D eigenvalue weighted by Crippen LogP contribution is 1.88. The minimum absolute atomic E-state index is 0.229. The predicted molar refractivity (Wildman–Crippen MR) is 35.8 cm³/mol. The fraction of sp³-hybridized carbons (Fsp3) is 0.833. The molecular weight excluding hydrogens is 134 g/mol. The van der Waals surface area contributed by atoms with Crippen molar-refractivity contribution in [2.75, 3.05) is 0 Å². The lowest BCUT2D eigenvalue weighted by Crippen LogP contribution is -2.28. The molecule has 4 heteroatoms. The second kappa shape index (κ2) is 5.20. The average Bonchev–Trinajstić information content (AvgIpc) is 1.99. The van der Waals surface area contributed by atoms with Crippen molar-refractivity contribution in [3.8, 4) is 0 Å². The van der Waals surface area contributed by atoms with E-state index < -0.39 is 6.29 Å². The number of amides is 1. The molecule has 0 fully saturated rings. The van der Waals surface area contributed by atoms with Gasteiger partial charge in [-0.2, -0.15) is 0 Å². The molecule has 0 aliphatic rings. The molecule has 0 spiro atoms. The Hall–Kier alpha value is -0.610. The lowest BCUT2D eigenvalue weighted by molar-refractivity contribution is -0.167. The van der Waals surface area contributed by atoms with Gasteiger partial charge in [0.2, 0.25) is 5.91 Å². The first kappa shape index (κ1) is 9.39. The van der Waals surface area contributed by atoms with Crippen LogP contribution < -0.4 is 5.48 Å². The van der Waals surface area contributed by atoms with Gasteiger partial charge in [-0.3, -0.25) is 4.79 Å². The topological polar surface area (TPSA) is 58.6 Å². The van der Waals surface area contributed by atoms with Gasteiger partial charge in [0.1, 0.15) is 0 Å². The molecule has 1 unspecified atom stereocenters. The van der Waals surface area contributed by atoms with Crippen molar-refractivity contribution in [1.29, 1.82) is 0 Å². The zero-order valence-corrected chi connectivity index (χ0v) is 6.26. The molecule has 60 valence electrons. The van der Waals surface area contributed by atoms with Crippen molar-refractivity contribution < 1.29 is 14.7 Å². The molecular formula is C6H13NO3. The third-order valence-corrected chi connectivity index (χ3v) is 0.979. The van der Waals surface area contributed by atoms with Gasteiger partial charge in [0.25, 0.3) is 0 Å². The molecule has 10 heavy (non-hydrogen) atoms. The zero-order chi connectivity index (χ0) is 7.98. The van der Waals surface area contributed by atoms with E-state index in [9.17, 15) is 4.79 Å². The van der Waals surface area contributed by atoms with Crippen LogP contribution in [0.2, 0.25) is 0 Å². The number of aliphatic hydroxyl groups excluding tert-OH is 1. The summed E-state index contributed by atoms with van der Waals surface area (Å²) in [6.07, 6.45) is -0.0732. The van der Waals surface area contributed by atoms with Gasteiger partial charge in [0.05, 0.1) is 0 Å². The van der Waals surface area contributed by atoms with E-state index in [0.29, 0.717) is 12.8 Å². The smallest absolute Gasteiger partial charge is 0.243 e. The monoisotopic (exact) mass is 147 g/mol. The van der Waals surface area contributed by atoms with Crippen molar-refractivity contribution >= 4 is 5.91 Å². The molecule has 1 atom stereocenters. The molecule has 0 aromatic carbocycles. The number of hydrogen-bond donors (Lipinski definition) is 2. The molecule has 0 rings (SSSR count). The molecule has 4 nitrogen and oxygen atoms in total. The molecule has 2 N–H and O–H groups in total. The van der Waals surface area contributed by atoms with Crippen molar-refractivity contribution in [2.45, 2.75) is 33.0 Å². The van der Waals surface area contributed by atoms with Crippen molar-refractivity contribution in [1.82, 2.24) is 5.48 Å². The SMILES string of the molecule is CCC(=O)NOC(O)CC. The molecule has 0 aromatic rings. The van der Waals surface area contributed by atoms with Crippen LogP contribution in [0.4, 0.5) is 0 Å². The Morgan fingerprint density at radius 3 is 2.70 bits per heavy atom. The molecule has 0 aromatic heterocycles. The summed E-state index contributed by atoms with van der Waals surface area (Å²) in [6, 6.07) is 0. The van der Waals surface area contributed by atoms with Gasteiger partial charge in [0, 0.05) is 6.42 Å². The first-order chi connectivity index (χ1) is 4.70. The van der Waals surface area contributed by atoms with Crippen molar-refractivity contribution in [3.05, 3.63) is 0 Å². The molecule has 0 radical (unpaired) electrons. The summed E-state index contributed by atoms with van der Waals surface area (Å²) < 4.78 is 0. The normalized spacial score (nSPS) is 12.7. The number of carbonyl (C=O) groups is 1. The van der Waals surface area contributed by atoms with Gasteiger partial charge in [-0.05, 0) is 6.42 Å². The summed E-state index contributed by atoms with van der Waals surface area (Å²) in [5.74, 6) is -0.229. The van der Waals surface area contributed by atoms with E-state index in [1.807, 2.05) is 0 Å². The van der Waals surface area contributed by atoms with Crippen molar-refractivity contribution in [3.63, 3.8) is 0 Å². The molecule has 0 aliphatic carbocycles. The van der Waals surface area contributed by atoms with Crippen LogP contribution in [0.3, 0.4) is 0 Å². The number of hydrogen-bond acceptors (Lipinski definition) is 3. The highest BCUT2D eigenvalue weighted by Gasteiger charge is 2.01. The fourth-order valence-electron chi connectivity index (χ4n) is 0.289. The summed E-state index contributed by atoms with van der Waals surface area (Å²) in [4.78, 5) is 15.0. The molecule has 0 heterocycles. The number of rotatable bonds is 4. The van der Waals surface area contributed by atoms with Gasteiger partial charge in [0.15, 0.2) is 6.29 Å². The Kier molecular flexibility index (Phi) is 4.88. The Labute approximate surface area is 60.1 Å². The maximum Gasteiger partial charge on any atom is 0.243 e. The zero-order valence-electron chi connectivity index (χ0n) is 6.26. The highest BCUT2D eigenvalue weighted by atomic mass is 16.7. The molecule has 0 saturated carbocycles. The van der Waals surface area contributed by atoms with E-state index in [1.54, 1.807) is 13.8 Å². The van der Waals surface area contributed by atoms with Crippen LogP contribution in [0.5, 0.6) is 0 Å². The summed E-state index contributed by atoms with van der Waals surface area (Å²) in [6.45, 7) is 3.46. The van der Waals surface area contributed by atoms with Crippen LogP contribution in [0.1, 0.15) is 26.7 Å². The highest BCUT2D eigenvalue weighted by molar-refractivity contribution is 5.74. The average molecular weight is 147 g/mol. The van der Waals surface area contributed by atoms with Gasteiger partial charge in [-0.25, -0.2) is 10.3 Å². The second-order valence-electron chi connectivity index (χ2n) is 1.86. The lowest BCUT2D eigenvalue weighted by Gasteiger charge is -2.08. The van der Waals surface area contributed by atoms with Crippen LogP contribution in [-0.4, -0.2) is 17.3 Å². The number of carbonyl (C=O) groups excluding carboxylic acids is 1. The van der Waals surface area contributed by atoms with E-state index in [1.165, 1.54) is 0 Å². The third kappa shape index (κ3) is 4.29. The van der Waals surface area contributed by atoms with E-state index in [-0.39, 0.29) is 5.91 Å². The Bertz CT molecular complexity index is 105. The first-order valence-electron chi connectivity index (χ1n) is 3.33. The summed E-state index contributed by atoms with van der Waals surface area (Å²) in [7, 11) is 0. The number of hydroxylamine groups is 1. The summed E-state index contributed by atoms with van der Waals surface area (Å²) >= 11 is 0. The summed E-state index contributed by atoms with van der Waals surface area (Å²) in [5.41, 5.74) is 2.09. The van der Waals surface area contributed by atoms with Crippen LogP contribution in [0, 0.1) is 0 Å². The fourth-order valence-corrected chi connectivity index (χ4v) is 0.289. The van der Waals surface area contributed by atoms with Crippen LogP contribution in [0.15, 0.2) is 0 Å². The summed E-state index contributed by atoms with van der Waals surface area (Å²) in [5, 5.41) is 8.77. The standard InChI is InChI=1S/C6H13NO3/c1-3-5(8)7-10-6(9)4-2/h6,9H,3-4H2,1-2H3,(H,7,8). The van der Waals surface area contributed by atoms with Gasteiger partial charge >= 0.3 is 0 Å². The lowest BCUT2D eigenvalue weighted by atomic mass is 10.5. The van der Waals surface area contributed by atoms with E-state index in [0.717, 1.165) is 0 Å². The van der Waals surface area contributed by atoms with Crippen LogP contribution in [-0.2, 0) is 9.63 Å². The second-order valence-corrected chi connectivity index (χ2v) is 1.86. The van der Waals surface area contributed by atoms with Gasteiger partial charge in [-0.15, -0.1) is 0 Å². The predicted octanol–water partition coefficient (Wildman–Crippen LogP) is 0.173. The van der Waals surface area contributed by atoms with Gasteiger partial charge in [-0.1, -0.05) is 13.8 Å². The van der Waals surface area contributed by atoms with Crippen LogP contribution >= 0.6 is 0 Å². The number of aliphatic hydroxyl groups is 1.